The van der Waals surface area contributed by atoms with Gasteiger partial charge in [-0.1, -0.05) is 12.1 Å². The number of nitrogens with zero attached hydrogens (tertiary/aromatic N) is 3. The van der Waals surface area contributed by atoms with E-state index >= 15 is 0 Å². The second-order valence-electron chi connectivity index (χ2n) is 8.72. The fourth-order valence-electron chi connectivity index (χ4n) is 4.52. The van der Waals surface area contributed by atoms with E-state index in [2.05, 4.69) is 4.90 Å². The minimum absolute atomic E-state index is 0.00278. The molecule has 1 heterocycles. The first-order valence-corrected chi connectivity index (χ1v) is 13.1. The van der Waals surface area contributed by atoms with E-state index in [0.717, 1.165) is 17.7 Å². The van der Waals surface area contributed by atoms with E-state index in [-0.39, 0.29) is 16.6 Å². The topological polar surface area (TPSA) is 102 Å². The summed E-state index contributed by atoms with van der Waals surface area (Å²) in [6.07, 6.45) is 1.11. The summed E-state index contributed by atoms with van der Waals surface area (Å²) < 4.78 is 53.3. The van der Waals surface area contributed by atoms with Gasteiger partial charge in [0, 0.05) is 43.9 Å². The van der Waals surface area contributed by atoms with Crippen LogP contribution in [0.1, 0.15) is 18.4 Å². The zero-order valence-electron chi connectivity index (χ0n) is 20.5. The average molecular weight is 530 g/mol. The molecular weight excluding hydrogens is 501 g/mol. The third kappa shape index (κ3) is 5.83. The number of anilines is 1. The lowest BCUT2D eigenvalue weighted by Gasteiger charge is -2.39. The second kappa shape index (κ2) is 11.1. The molecule has 0 N–H and O–H groups in total. The van der Waals surface area contributed by atoms with Crippen molar-refractivity contribution in [2.45, 2.75) is 30.3 Å². The zero-order valence-corrected chi connectivity index (χ0v) is 21.4. The molecule has 0 amide bonds. The maximum absolute atomic E-state index is 13.8. The summed E-state index contributed by atoms with van der Waals surface area (Å²) in [6.45, 7) is 1.86. The summed E-state index contributed by atoms with van der Waals surface area (Å²) in [5, 5.41) is 10.9. The summed E-state index contributed by atoms with van der Waals surface area (Å²) in [4.78, 5) is 12.7. The van der Waals surface area contributed by atoms with Crippen LogP contribution in [0.25, 0.3) is 0 Å². The van der Waals surface area contributed by atoms with Crippen molar-refractivity contribution >= 4 is 21.4 Å². The highest BCUT2D eigenvalue weighted by atomic mass is 32.2. The minimum atomic E-state index is -4.02. The molecule has 9 nitrogen and oxygen atoms in total. The SMILES string of the molecule is COc1ccc(N(C2CCN(Cc3ccc([N+](=O)[O-])cc3)CC2)S(=O)(=O)c2ccc(F)cc2)cc1OC. The Morgan fingerprint density at radius 3 is 2.16 bits per heavy atom. The Balaban J connectivity index is 1.59. The molecule has 0 unspecified atom stereocenters. The van der Waals surface area contributed by atoms with Crippen LogP contribution in [-0.4, -0.2) is 51.6 Å². The van der Waals surface area contributed by atoms with Crippen LogP contribution in [0.2, 0.25) is 0 Å². The van der Waals surface area contributed by atoms with Gasteiger partial charge in [-0.3, -0.25) is 19.3 Å². The van der Waals surface area contributed by atoms with Crippen molar-refractivity contribution < 1.29 is 27.2 Å². The molecule has 1 fully saturated rings. The van der Waals surface area contributed by atoms with Crippen LogP contribution in [0.4, 0.5) is 15.8 Å². The van der Waals surface area contributed by atoms with E-state index < -0.39 is 20.8 Å². The van der Waals surface area contributed by atoms with Crippen molar-refractivity contribution in [3.63, 3.8) is 0 Å². The lowest BCUT2D eigenvalue weighted by molar-refractivity contribution is -0.384. The maximum Gasteiger partial charge on any atom is 0.269 e. The van der Waals surface area contributed by atoms with E-state index in [9.17, 15) is 22.9 Å². The lowest BCUT2D eigenvalue weighted by atomic mass is 10.0. The van der Waals surface area contributed by atoms with E-state index in [0.29, 0.717) is 49.7 Å². The molecule has 3 aromatic rings. The monoisotopic (exact) mass is 529 g/mol. The molecule has 4 rings (SSSR count). The highest BCUT2D eigenvalue weighted by Crippen LogP contribution is 2.37. The Morgan fingerprint density at radius 2 is 1.59 bits per heavy atom. The Morgan fingerprint density at radius 1 is 0.973 bits per heavy atom. The number of halogens is 1. The van der Waals surface area contributed by atoms with Crippen LogP contribution in [0, 0.1) is 15.9 Å². The number of piperidine rings is 1. The maximum atomic E-state index is 13.8. The van der Waals surface area contributed by atoms with Gasteiger partial charge in [0.15, 0.2) is 11.5 Å². The van der Waals surface area contributed by atoms with Crippen molar-refractivity contribution in [1.29, 1.82) is 0 Å². The molecule has 1 saturated heterocycles. The summed E-state index contributed by atoms with van der Waals surface area (Å²) in [6, 6.07) is 15.8. The van der Waals surface area contributed by atoms with Gasteiger partial charge in [-0.05, 0) is 54.8 Å². The smallest absolute Gasteiger partial charge is 0.269 e. The number of methoxy groups -OCH3 is 2. The normalized spacial score (nSPS) is 14.8. The number of hydrogen-bond acceptors (Lipinski definition) is 7. The van der Waals surface area contributed by atoms with E-state index in [1.807, 2.05) is 0 Å². The van der Waals surface area contributed by atoms with Gasteiger partial charge in [0.05, 0.1) is 29.7 Å². The first-order valence-electron chi connectivity index (χ1n) is 11.7. The summed E-state index contributed by atoms with van der Waals surface area (Å²) in [5.41, 5.74) is 1.41. The van der Waals surface area contributed by atoms with Gasteiger partial charge in [-0.15, -0.1) is 0 Å². The number of ether oxygens (including phenoxy) is 2. The third-order valence-electron chi connectivity index (χ3n) is 6.43. The molecule has 0 aromatic heterocycles. The largest absolute Gasteiger partial charge is 0.493 e. The van der Waals surface area contributed by atoms with Gasteiger partial charge in [0.25, 0.3) is 15.7 Å². The number of non-ortho nitro benzene ring substituents is 1. The molecule has 1 aliphatic rings. The summed E-state index contributed by atoms with van der Waals surface area (Å²) >= 11 is 0. The van der Waals surface area contributed by atoms with Crippen molar-refractivity contribution in [2.75, 3.05) is 31.6 Å². The fourth-order valence-corrected chi connectivity index (χ4v) is 6.22. The minimum Gasteiger partial charge on any atom is -0.493 e. The van der Waals surface area contributed by atoms with Crippen molar-refractivity contribution in [3.8, 4) is 11.5 Å². The fraction of sp³-hybridized carbons (Fsp3) is 0.308. The first-order chi connectivity index (χ1) is 17.7. The number of hydrogen-bond donors (Lipinski definition) is 0. The average Bonchev–Trinajstić information content (AvgIpc) is 2.90. The molecule has 0 spiro atoms. The predicted molar refractivity (Wildman–Crippen MR) is 137 cm³/mol. The van der Waals surface area contributed by atoms with Gasteiger partial charge in [0.2, 0.25) is 0 Å². The van der Waals surface area contributed by atoms with Crippen molar-refractivity contribution in [2.24, 2.45) is 0 Å². The van der Waals surface area contributed by atoms with Crippen molar-refractivity contribution in [1.82, 2.24) is 4.90 Å². The molecule has 0 radical (unpaired) electrons. The predicted octanol–water partition coefficient (Wildman–Crippen LogP) is 4.61. The number of nitro benzene ring substituents is 1. The second-order valence-corrected chi connectivity index (χ2v) is 10.5. The summed E-state index contributed by atoms with van der Waals surface area (Å²) in [7, 11) is -1.03. The van der Waals surface area contributed by atoms with E-state index in [1.54, 1.807) is 30.3 Å². The highest BCUT2D eigenvalue weighted by molar-refractivity contribution is 7.92. The van der Waals surface area contributed by atoms with Crippen LogP contribution in [0.3, 0.4) is 0 Å². The van der Waals surface area contributed by atoms with Crippen LogP contribution in [0.5, 0.6) is 11.5 Å². The molecular formula is C26H28FN3O6S. The van der Waals surface area contributed by atoms with Crippen LogP contribution in [0.15, 0.2) is 71.6 Å². The Labute approximate surface area is 215 Å². The third-order valence-corrected chi connectivity index (χ3v) is 8.33. The number of nitro groups is 1. The summed E-state index contributed by atoms with van der Waals surface area (Å²) in [5.74, 6) is 0.356. The number of rotatable bonds is 9. The standard InChI is InChI=1S/C26H28FN3O6S/c1-35-25-12-9-23(17-26(25)36-2)29(37(33,34)24-10-5-20(27)6-11-24)21-13-15-28(16-14-21)18-19-3-7-22(8-4-19)30(31)32/h3-12,17,21H,13-16,18H2,1-2H3. The zero-order chi connectivity index (χ0) is 26.6. The van der Waals surface area contributed by atoms with Crippen LogP contribution in [-0.2, 0) is 16.6 Å². The van der Waals surface area contributed by atoms with Crippen LogP contribution < -0.4 is 13.8 Å². The van der Waals surface area contributed by atoms with Crippen LogP contribution >= 0.6 is 0 Å². The number of sulfonamides is 1. The first kappa shape index (κ1) is 26.4. The molecule has 37 heavy (non-hydrogen) atoms. The van der Waals surface area contributed by atoms with Gasteiger partial charge in [-0.25, -0.2) is 12.8 Å². The van der Waals surface area contributed by atoms with E-state index in [1.165, 1.54) is 42.8 Å². The Bertz CT molecular complexity index is 1340. The molecule has 3 aromatic carbocycles. The molecule has 0 bridgehead atoms. The Hall–Kier alpha value is -3.70. The molecule has 0 atom stereocenters. The molecule has 1 aliphatic heterocycles. The molecule has 0 aliphatic carbocycles. The van der Waals surface area contributed by atoms with Gasteiger partial charge in [-0.2, -0.15) is 0 Å². The molecule has 196 valence electrons. The van der Waals surface area contributed by atoms with Gasteiger partial charge < -0.3 is 9.47 Å². The quantitative estimate of drug-likeness (QED) is 0.295. The molecule has 11 heteroatoms. The highest BCUT2D eigenvalue weighted by Gasteiger charge is 2.34. The number of likely N-dealkylation sites (tertiary alicyclic amines) is 1. The Kier molecular flexibility index (Phi) is 7.94. The van der Waals surface area contributed by atoms with E-state index in [4.69, 9.17) is 9.47 Å². The number of benzene rings is 3. The lowest BCUT2D eigenvalue weighted by Crippen LogP contribution is -2.47. The van der Waals surface area contributed by atoms with Gasteiger partial charge in [0.1, 0.15) is 5.82 Å². The van der Waals surface area contributed by atoms with Crippen molar-refractivity contribution in [3.05, 3.63) is 88.2 Å². The van der Waals surface area contributed by atoms with Gasteiger partial charge >= 0.3 is 0 Å². The molecule has 0 saturated carbocycles.